The number of aromatic nitrogens is 1. The van der Waals surface area contributed by atoms with E-state index in [1.807, 2.05) is 12.1 Å². The van der Waals surface area contributed by atoms with Crippen LogP contribution in [0.5, 0.6) is 0 Å². The zero-order chi connectivity index (χ0) is 23.2. The summed E-state index contributed by atoms with van der Waals surface area (Å²) in [7, 11) is 0. The monoisotopic (exact) mass is 488 g/mol. The minimum atomic E-state index is -0.577. The van der Waals surface area contributed by atoms with Crippen LogP contribution in [0.25, 0.3) is 10.6 Å². The van der Waals surface area contributed by atoms with E-state index in [0.29, 0.717) is 35.5 Å². The normalized spacial score (nSPS) is 14.1. The molecule has 0 saturated carbocycles. The second-order valence-corrected chi connectivity index (χ2v) is 8.74. The second-order valence-electron chi connectivity index (χ2n) is 7.45. The van der Waals surface area contributed by atoms with Crippen LogP contribution in [-0.4, -0.2) is 54.5 Å². The Morgan fingerprint density at radius 1 is 1.12 bits per heavy atom. The standard InChI is InChI=1S/C23H22ClFN4O3S/c24-16-3-1-15(2-4-16)23-28-20(14-33-23)22(31)26-17-5-6-18(25)19(13-17)27-21(30)7-8-29-9-11-32-12-10-29/h1-6,13-14H,7-12H2,(H,26,31)(H,27,30). The van der Waals surface area contributed by atoms with Gasteiger partial charge in [0.2, 0.25) is 5.91 Å². The van der Waals surface area contributed by atoms with Crippen molar-refractivity contribution in [2.24, 2.45) is 0 Å². The van der Waals surface area contributed by atoms with Crippen molar-refractivity contribution in [3.05, 3.63) is 64.4 Å². The first kappa shape index (κ1) is 23.3. The van der Waals surface area contributed by atoms with E-state index in [2.05, 4.69) is 20.5 Å². The number of anilines is 2. The van der Waals surface area contributed by atoms with Crippen LogP contribution in [0.1, 0.15) is 16.9 Å². The van der Waals surface area contributed by atoms with E-state index in [1.54, 1.807) is 17.5 Å². The molecule has 2 amide bonds. The van der Waals surface area contributed by atoms with Crippen molar-refractivity contribution in [3.8, 4) is 10.6 Å². The van der Waals surface area contributed by atoms with Crippen molar-refractivity contribution >= 4 is 46.1 Å². The zero-order valence-corrected chi connectivity index (χ0v) is 19.2. The van der Waals surface area contributed by atoms with Gasteiger partial charge in [0.1, 0.15) is 16.5 Å². The van der Waals surface area contributed by atoms with E-state index < -0.39 is 11.7 Å². The van der Waals surface area contributed by atoms with Crippen LogP contribution in [0.3, 0.4) is 0 Å². The SMILES string of the molecule is O=C(CCN1CCOCC1)Nc1cc(NC(=O)c2csc(-c3ccc(Cl)cc3)n2)ccc1F. The molecule has 172 valence electrons. The molecule has 10 heteroatoms. The van der Waals surface area contributed by atoms with Crippen molar-refractivity contribution in [2.75, 3.05) is 43.5 Å². The largest absolute Gasteiger partial charge is 0.379 e. The van der Waals surface area contributed by atoms with Crippen molar-refractivity contribution in [1.82, 2.24) is 9.88 Å². The molecule has 2 N–H and O–H groups in total. The van der Waals surface area contributed by atoms with E-state index in [4.69, 9.17) is 16.3 Å². The molecule has 1 aliphatic heterocycles. The summed E-state index contributed by atoms with van der Waals surface area (Å²) in [6.45, 7) is 3.43. The van der Waals surface area contributed by atoms with Crippen LogP contribution in [0.2, 0.25) is 5.02 Å². The Morgan fingerprint density at radius 2 is 1.88 bits per heavy atom. The molecule has 0 spiro atoms. The number of nitrogens with one attached hydrogen (secondary N) is 2. The minimum Gasteiger partial charge on any atom is -0.379 e. The third kappa shape index (κ3) is 6.35. The predicted octanol–water partition coefficient (Wildman–Crippen LogP) is 4.52. The fourth-order valence-corrected chi connectivity index (χ4v) is 4.23. The van der Waals surface area contributed by atoms with Gasteiger partial charge in [0, 0.05) is 47.7 Å². The van der Waals surface area contributed by atoms with Gasteiger partial charge in [-0.2, -0.15) is 0 Å². The molecule has 3 aromatic rings. The minimum absolute atomic E-state index is 0.0138. The number of rotatable bonds is 7. The van der Waals surface area contributed by atoms with Crippen molar-refractivity contribution in [3.63, 3.8) is 0 Å². The van der Waals surface area contributed by atoms with Crippen LogP contribution in [0, 0.1) is 5.82 Å². The Hall–Kier alpha value is -2.85. The molecule has 0 aliphatic carbocycles. The summed E-state index contributed by atoms with van der Waals surface area (Å²) in [5, 5.41) is 8.24. The number of benzene rings is 2. The zero-order valence-electron chi connectivity index (χ0n) is 17.6. The summed E-state index contributed by atoms with van der Waals surface area (Å²) in [6.07, 6.45) is 0.238. The number of amides is 2. The highest BCUT2D eigenvalue weighted by Gasteiger charge is 2.16. The molecule has 0 bridgehead atoms. The maximum Gasteiger partial charge on any atom is 0.275 e. The highest BCUT2D eigenvalue weighted by Crippen LogP contribution is 2.26. The summed E-state index contributed by atoms with van der Waals surface area (Å²) < 4.78 is 19.5. The van der Waals surface area contributed by atoms with Gasteiger partial charge in [-0.05, 0) is 30.3 Å². The molecule has 1 aliphatic rings. The fraction of sp³-hybridized carbons (Fsp3) is 0.261. The van der Waals surface area contributed by atoms with Crippen LogP contribution in [0.4, 0.5) is 15.8 Å². The number of hydrogen-bond donors (Lipinski definition) is 2. The van der Waals surface area contributed by atoms with Crippen molar-refractivity contribution in [2.45, 2.75) is 6.42 Å². The number of ether oxygens (including phenoxy) is 1. The number of hydrogen-bond acceptors (Lipinski definition) is 6. The summed E-state index contributed by atoms with van der Waals surface area (Å²) in [5.74, 6) is -1.30. The first-order valence-electron chi connectivity index (χ1n) is 10.4. The topological polar surface area (TPSA) is 83.6 Å². The Kier molecular flexibility index (Phi) is 7.66. The van der Waals surface area contributed by atoms with Crippen molar-refractivity contribution in [1.29, 1.82) is 0 Å². The molecule has 0 atom stereocenters. The smallest absolute Gasteiger partial charge is 0.275 e. The predicted molar refractivity (Wildman–Crippen MR) is 127 cm³/mol. The molecule has 1 fully saturated rings. The average Bonchev–Trinajstić information content (AvgIpc) is 3.32. The first-order chi connectivity index (χ1) is 16.0. The molecule has 7 nitrogen and oxygen atoms in total. The molecular formula is C23H22ClFN4O3S. The summed E-state index contributed by atoms with van der Waals surface area (Å²) in [6, 6.07) is 11.2. The van der Waals surface area contributed by atoms with Gasteiger partial charge in [-0.3, -0.25) is 14.5 Å². The van der Waals surface area contributed by atoms with Crippen LogP contribution >= 0.6 is 22.9 Å². The molecule has 0 unspecified atom stereocenters. The molecule has 2 aromatic carbocycles. The Bertz CT molecular complexity index is 1130. The second kappa shape index (κ2) is 10.8. The third-order valence-corrected chi connectivity index (χ3v) is 6.23. The lowest BCUT2D eigenvalue weighted by molar-refractivity contribution is -0.116. The summed E-state index contributed by atoms with van der Waals surface area (Å²) in [4.78, 5) is 31.4. The molecule has 4 rings (SSSR count). The molecular weight excluding hydrogens is 467 g/mol. The Balaban J connectivity index is 1.36. The van der Waals surface area contributed by atoms with E-state index >= 15 is 0 Å². The lowest BCUT2D eigenvalue weighted by atomic mass is 10.2. The van der Waals surface area contributed by atoms with Gasteiger partial charge in [0.25, 0.3) is 5.91 Å². The highest BCUT2D eigenvalue weighted by molar-refractivity contribution is 7.13. The quantitative estimate of drug-likeness (QED) is 0.511. The van der Waals surface area contributed by atoms with Gasteiger partial charge in [-0.15, -0.1) is 11.3 Å². The Morgan fingerprint density at radius 3 is 2.64 bits per heavy atom. The van der Waals surface area contributed by atoms with E-state index in [0.717, 1.165) is 18.7 Å². The maximum absolute atomic E-state index is 14.2. The number of carbonyl (C=O) groups excluding carboxylic acids is 2. The van der Waals surface area contributed by atoms with Gasteiger partial charge in [0.05, 0.1) is 18.9 Å². The number of thiazole rings is 1. The first-order valence-corrected chi connectivity index (χ1v) is 11.7. The Labute approximate surface area is 199 Å². The lowest BCUT2D eigenvalue weighted by Crippen LogP contribution is -2.38. The maximum atomic E-state index is 14.2. The number of morpholine rings is 1. The number of carbonyl (C=O) groups is 2. The van der Waals surface area contributed by atoms with Crippen LogP contribution in [-0.2, 0) is 9.53 Å². The van der Waals surface area contributed by atoms with E-state index in [-0.39, 0.29) is 23.7 Å². The van der Waals surface area contributed by atoms with E-state index in [1.165, 1.54) is 29.5 Å². The highest BCUT2D eigenvalue weighted by atomic mass is 35.5. The molecule has 2 heterocycles. The number of halogens is 2. The van der Waals surface area contributed by atoms with Gasteiger partial charge in [-0.1, -0.05) is 23.7 Å². The molecule has 1 saturated heterocycles. The van der Waals surface area contributed by atoms with Gasteiger partial charge in [-0.25, -0.2) is 9.37 Å². The van der Waals surface area contributed by atoms with Crippen LogP contribution < -0.4 is 10.6 Å². The lowest BCUT2D eigenvalue weighted by Gasteiger charge is -2.26. The summed E-state index contributed by atoms with van der Waals surface area (Å²) in [5.41, 5.74) is 1.46. The number of nitrogens with zero attached hydrogens (tertiary/aromatic N) is 2. The molecule has 1 aromatic heterocycles. The van der Waals surface area contributed by atoms with Gasteiger partial charge >= 0.3 is 0 Å². The summed E-state index contributed by atoms with van der Waals surface area (Å²) >= 11 is 7.25. The van der Waals surface area contributed by atoms with Gasteiger partial charge in [0.15, 0.2) is 0 Å². The molecule has 33 heavy (non-hydrogen) atoms. The third-order valence-electron chi connectivity index (χ3n) is 5.09. The average molecular weight is 489 g/mol. The molecule has 0 radical (unpaired) electrons. The van der Waals surface area contributed by atoms with Crippen molar-refractivity contribution < 1.29 is 18.7 Å². The van der Waals surface area contributed by atoms with E-state index in [9.17, 15) is 14.0 Å². The van der Waals surface area contributed by atoms with Gasteiger partial charge < -0.3 is 15.4 Å². The fourth-order valence-electron chi connectivity index (χ4n) is 3.29. The van der Waals surface area contributed by atoms with Crippen LogP contribution in [0.15, 0.2) is 47.8 Å².